The first kappa shape index (κ1) is 13.9. The van der Waals surface area contributed by atoms with E-state index in [-0.39, 0.29) is 11.8 Å². The summed E-state index contributed by atoms with van der Waals surface area (Å²) in [6, 6.07) is 7.59. The summed E-state index contributed by atoms with van der Waals surface area (Å²) in [7, 11) is 1.55. The molecule has 19 heavy (non-hydrogen) atoms. The summed E-state index contributed by atoms with van der Waals surface area (Å²) in [5.41, 5.74) is 0.546. The lowest BCUT2D eigenvalue weighted by Crippen LogP contribution is -2.39. The molecule has 0 spiro atoms. The van der Waals surface area contributed by atoms with Crippen molar-refractivity contribution in [3.63, 3.8) is 0 Å². The third kappa shape index (κ3) is 3.07. The van der Waals surface area contributed by atoms with Crippen LogP contribution < -0.4 is 4.74 Å². The molecular formula is C14H15BrN2O2. The Labute approximate surface area is 121 Å². The van der Waals surface area contributed by atoms with Crippen LogP contribution in [-0.4, -0.2) is 31.0 Å². The van der Waals surface area contributed by atoms with Gasteiger partial charge in [0.25, 0.3) is 5.91 Å². The van der Waals surface area contributed by atoms with E-state index in [1.54, 1.807) is 24.1 Å². The van der Waals surface area contributed by atoms with Gasteiger partial charge in [0, 0.05) is 17.6 Å². The van der Waals surface area contributed by atoms with E-state index in [1.165, 1.54) is 0 Å². The Morgan fingerprint density at radius 3 is 3.05 bits per heavy atom. The Hall–Kier alpha value is -1.54. The highest BCUT2D eigenvalue weighted by Crippen LogP contribution is 2.26. The van der Waals surface area contributed by atoms with Gasteiger partial charge in [0.05, 0.1) is 24.7 Å². The molecule has 1 aliphatic heterocycles. The number of methoxy groups -OCH3 is 1. The minimum atomic E-state index is -0.0655. The third-order valence-electron chi connectivity index (χ3n) is 3.29. The quantitative estimate of drug-likeness (QED) is 0.841. The molecule has 1 saturated heterocycles. The van der Waals surface area contributed by atoms with Crippen LogP contribution in [0.3, 0.4) is 0 Å². The number of likely N-dealkylation sites (tertiary alicyclic amines) is 1. The summed E-state index contributed by atoms with van der Waals surface area (Å²) >= 11 is 3.36. The highest BCUT2D eigenvalue weighted by Gasteiger charge is 2.26. The van der Waals surface area contributed by atoms with Gasteiger partial charge >= 0.3 is 0 Å². The number of benzene rings is 1. The van der Waals surface area contributed by atoms with Crippen LogP contribution in [0.15, 0.2) is 22.7 Å². The molecule has 1 aromatic rings. The number of hydrogen-bond donors (Lipinski definition) is 0. The van der Waals surface area contributed by atoms with Gasteiger partial charge in [-0.3, -0.25) is 4.79 Å². The van der Waals surface area contributed by atoms with Crippen molar-refractivity contribution in [2.24, 2.45) is 5.92 Å². The molecule has 0 aromatic heterocycles. The van der Waals surface area contributed by atoms with Crippen LogP contribution in [0.25, 0.3) is 0 Å². The average Bonchev–Trinajstić information content (AvgIpc) is 2.46. The summed E-state index contributed by atoms with van der Waals surface area (Å²) < 4.78 is 6.12. The minimum absolute atomic E-state index is 0.0563. The van der Waals surface area contributed by atoms with Gasteiger partial charge in [0.15, 0.2) is 0 Å². The number of rotatable bonds is 2. The maximum absolute atomic E-state index is 12.5. The van der Waals surface area contributed by atoms with Crippen molar-refractivity contribution in [1.29, 1.82) is 5.26 Å². The summed E-state index contributed by atoms with van der Waals surface area (Å²) in [6.07, 6.45) is 1.75. The van der Waals surface area contributed by atoms with Gasteiger partial charge < -0.3 is 9.64 Å². The predicted molar refractivity (Wildman–Crippen MR) is 74.9 cm³/mol. The van der Waals surface area contributed by atoms with Gasteiger partial charge in [-0.15, -0.1) is 0 Å². The molecule has 1 unspecified atom stereocenters. The van der Waals surface area contributed by atoms with Crippen LogP contribution in [0.2, 0.25) is 0 Å². The molecule has 1 aliphatic rings. The number of amides is 1. The minimum Gasteiger partial charge on any atom is -0.496 e. The molecule has 1 aromatic carbocycles. The van der Waals surface area contributed by atoms with Crippen LogP contribution >= 0.6 is 15.9 Å². The Morgan fingerprint density at radius 2 is 2.37 bits per heavy atom. The number of nitriles is 1. The average molecular weight is 323 g/mol. The van der Waals surface area contributed by atoms with Crippen molar-refractivity contribution in [1.82, 2.24) is 4.90 Å². The summed E-state index contributed by atoms with van der Waals surface area (Å²) in [6.45, 7) is 1.21. The zero-order chi connectivity index (χ0) is 13.8. The fraction of sp³-hybridized carbons (Fsp3) is 0.429. The molecule has 0 saturated carbocycles. The van der Waals surface area contributed by atoms with E-state index in [9.17, 15) is 4.79 Å². The highest BCUT2D eigenvalue weighted by molar-refractivity contribution is 9.10. The normalized spacial score (nSPS) is 18.8. The molecule has 0 bridgehead atoms. The number of ether oxygens (including phenoxy) is 1. The van der Waals surface area contributed by atoms with Gasteiger partial charge in [-0.2, -0.15) is 5.26 Å². The Kier molecular flexibility index (Phi) is 4.43. The van der Waals surface area contributed by atoms with Gasteiger partial charge in [0.1, 0.15) is 5.75 Å². The van der Waals surface area contributed by atoms with E-state index >= 15 is 0 Å². The fourth-order valence-corrected chi connectivity index (χ4v) is 2.62. The van der Waals surface area contributed by atoms with Crippen LogP contribution in [0.5, 0.6) is 5.75 Å². The zero-order valence-corrected chi connectivity index (χ0v) is 12.3. The monoisotopic (exact) mass is 322 g/mol. The molecule has 4 nitrogen and oxygen atoms in total. The van der Waals surface area contributed by atoms with Crippen molar-refractivity contribution in [2.45, 2.75) is 12.8 Å². The van der Waals surface area contributed by atoms with Gasteiger partial charge in [-0.1, -0.05) is 15.9 Å². The van der Waals surface area contributed by atoms with Crippen LogP contribution in [0.1, 0.15) is 23.2 Å². The number of carbonyl (C=O) groups excluding carboxylic acids is 1. The molecule has 1 amide bonds. The Morgan fingerprint density at radius 1 is 1.58 bits per heavy atom. The Balaban J connectivity index is 2.22. The number of halogens is 1. The number of hydrogen-bond acceptors (Lipinski definition) is 3. The molecule has 1 atom stereocenters. The lowest BCUT2D eigenvalue weighted by molar-refractivity contribution is 0.0695. The van der Waals surface area contributed by atoms with E-state index in [2.05, 4.69) is 22.0 Å². The second-order valence-electron chi connectivity index (χ2n) is 4.56. The molecule has 1 fully saturated rings. The van der Waals surface area contributed by atoms with Crippen LogP contribution in [0, 0.1) is 17.2 Å². The summed E-state index contributed by atoms with van der Waals surface area (Å²) in [5, 5.41) is 8.98. The lowest BCUT2D eigenvalue weighted by Gasteiger charge is -2.30. The standard InChI is InChI=1S/C14H15BrN2O2/c1-19-13-7-11(15)4-5-12(13)14(18)17-6-2-3-10(8-16)9-17/h4-5,7,10H,2-3,6,9H2,1H3. The van der Waals surface area contributed by atoms with E-state index in [4.69, 9.17) is 10.00 Å². The maximum Gasteiger partial charge on any atom is 0.257 e. The molecular weight excluding hydrogens is 308 g/mol. The molecule has 1 heterocycles. The van der Waals surface area contributed by atoms with Gasteiger partial charge in [-0.05, 0) is 31.0 Å². The van der Waals surface area contributed by atoms with Crippen LogP contribution in [-0.2, 0) is 0 Å². The Bertz CT molecular complexity index is 525. The topological polar surface area (TPSA) is 53.3 Å². The smallest absolute Gasteiger partial charge is 0.257 e. The second kappa shape index (κ2) is 6.07. The predicted octanol–water partition coefficient (Wildman–Crippen LogP) is 2.83. The van der Waals surface area contributed by atoms with E-state index in [0.29, 0.717) is 24.4 Å². The highest BCUT2D eigenvalue weighted by atomic mass is 79.9. The number of nitrogens with zero attached hydrogens (tertiary/aromatic N) is 2. The maximum atomic E-state index is 12.5. The van der Waals surface area contributed by atoms with E-state index in [1.807, 2.05) is 6.07 Å². The third-order valence-corrected chi connectivity index (χ3v) is 3.78. The second-order valence-corrected chi connectivity index (χ2v) is 5.48. The van der Waals surface area contributed by atoms with E-state index in [0.717, 1.165) is 17.3 Å². The summed E-state index contributed by atoms with van der Waals surface area (Å²) in [5.74, 6) is 0.432. The fourth-order valence-electron chi connectivity index (χ4n) is 2.28. The zero-order valence-electron chi connectivity index (χ0n) is 10.7. The van der Waals surface area contributed by atoms with Crippen molar-refractivity contribution >= 4 is 21.8 Å². The summed E-state index contributed by atoms with van der Waals surface area (Å²) in [4.78, 5) is 14.2. The first-order valence-electron chi connectivity index (χ1n) is 6.18. The van der Waals surface area contributed by atoms with Crippen molar-refractivity contribution in [3.8, 4) is 11.8 Å². The SMILES string of the molecule is COc1cc(Br)ccc1C(=O)N1CCCC(C#N)C1. The molecule has 100 valence electrons. The first-order chi connectivity index (χ1) is 9.15. The lowest BCUT2D eigenvalue weighted by atomic mass is 9.99. The number of carbonyl (C=O) groups is 1. The van der Waals surface area contributed by atoms with Crippen LogP contribution in [0.4, 0.5) is 0 Å². The largest absolute Gasteiger partial charge is 0.496 e. The number of piperidine rings is 1. The van der Waals surface area contributed by atoms with Crippen molar-refractivity contribution < 1.29 is 9.53 Å². The molecule has 5 heteroatoms. The van der Waals surface area contributed by atoms with Gasteiger partial charge in [-0.25, -0.2) is 0 Å². The molecule has 0 radical (unpaired) electrons. The molecule has 2 rings (SSSR count). The van der Waals surface area contributed by atoms with E-state index < -0.39 is 0 Å². The van der Waals surface area contributed by atoms with Crippen molar-refractivity contribution in [2.75, 3.05) is 20.2 Å². The molecule has 0 N–H and O–H groups in total. The van der Waals surface area contributed by atoms with Gasteiger partial charge in [0.2, 0.25) is 0 Å². The first-order valence-corrected chi connectivity index (χ1v) is 6.97. The van der Waals surface area contributed by atoms with Crippen molar-refractivity contribution in [3.05, 3.63) is 28.2 Å². The molecule has 0 aliphatic carbocycles.